The molecule has 2 unspecified atom stereocenters. The summed E-state index contributed by atoms with van der Waals surface area (Å²) < 4.78 is -1.18. The van der Waals surface area contributed by atoms with Crippen LogP contribution in [0, 0.1) is 11.8 Å². The summed E-state index contributed by atoms with van der Waals surface area (Å²) in [7, 11) is -1.27. The van der Waals surface area contributed by atoms with Crippen molar-refractivity contribution >= 4 is 43.9 Å². The predicted molar refractivity (Wildman–Crippen MR) is 182 cm³/mol. The van der Waals surface area contributed by atoms with Gasteiger partial charge in [0.1, 0.15) is 0 Å². The molecule has 0 spiro atoms. The summed E-state index contributed by atoms with van der Waals surface area (Å²) in [5.41, 5.74) is 15.4. The Morgan fingerprint density at radius 3 is 1.21 bits per heavy atom. The van der Waals surface area contributed by atoms with Gasteiger partial charge in [-0.25, -0.2) is 0 Å². The second-order valence-electron chi connectivity index (χ2n) is 12.4. The van der Waals surface area contributed by atoms with Gasteiger partial charge in [0, 0.05) is 26.2 Å². The number of alkyl halides is 2. The van der Waals surface area contributed by atoms with Crippen LogP contribution in [0.4, 0.5) is 0 Å². The number of fused-ring (bicyclic) bond motifs is 2. The maximum absolute atomic E-state index is 8.12. The molecule has 0 aromatic heterocycles. The van der Waals surface area contributed by atoms with Gasteiger partial charge >= 0.3 is 0 Å². The molecule has 6 rings (SSSR count). The number of rotatable bonds is 6. The van der Waals surface area contributed by atoms with Gasteiger partial charge in [0.15, 0.2) is 0 Å². The first kappa shape index (κ1) is 31.5. The van der Waals surface area contributed by atoms with E-state index in [4.69, 9.17) is 23.2 Å². The summed E-state index contributed by atoms with van der Waals surface area (Å²) in [6.07, 6.45) is 0. The van der Waals surface area contributed by atoms with Crippen molar-refractivity contribution in [3.8, 4) is 22.3 Å². The van der Waals surface area contributed by atoms with Crippen molar-refractivity contribution in [1.82, 2.24) is 0 Å². The number of hydrogen-bond acceptors (Lipinski definition) is 0. The smallest absolute Gasteiger partial charge is 0.0924 e. The van der Waals surface area contributed by atoms with Gasteiger partial charge < -0.3 is 0 Å². The topological polar surface area (TPSA) is 0 Å². The number of hydrogen-bond donors (Lipinski definition) is 0. The Kier molecular flexibility index (Phi) is 8.88. The number of benzene rings is 4. The van der Waals surface area contributed by atoms with E-state index in [1.54, 1.807) is 0 Å². The van der Waals surface area contributed by atoms with E-state index < -0.39 is 18.5 Å². The fourth-order valence-corrected chi connectivity index (χ4v) is 13.8. The molecule has 0 radical (unpaired) electrons. The third kappa shape index (κ3) is 4.82. The van der Waals surface area contributed by atoms with Crippen molar-refractivity contribution in [3.05, 3.63) is 130 Å². The summed E-state index contributed by atoms with van der Waals surface area (Å²) in [5.74, 6) is 0.612. The Hall–Kier alpha value is -1.96. The molecule has 42 heavy (non-hydrogen) atoms. The Morgan fingerprint density at radius 2 is 0.881 bits per heavy atom. The fourth-order valence-electron chi connectivity index (χ4n) is 7.94. The Bertz CT molecular complexity index is 1580. The van der Waals surface area contributed by atoms with Crippen LogP contribution in [-0.4, -0.2) is 9.52 Å². The molecular formula is C38H38Cl2SiZr. The second kappa shape index (κ2) is 11.9. The molecular weight excluding hydrogens is 647 g/mol. The maximum Gasteiger partial charge on any atom is 0.0924 e. The van der Waals surface area contributed by atoms with Crippen LogP contribution in [0.5, 0.6) is 0 Å². The predicted octanol–water partition coefficient (Wildman–Crippen LogP) is 10.6. The molecule has 4 aromatic rings. The van der Waals surface area contributed by atoms with Gasteiger partial charge in [0.05, 0.1) is 18.5 Å². The molecule has 0 fully saturated rings. The van der Waals surface area contributed by atoms with E-state index in [0.717, 1.165) is 0 Å². The van der Waals surface area contributed by atoms with E-state index in [1.165, 1.54) is 66.8 Å². The van der Waals surface area contributed by atoms with Crippen LogP contribution in [0.25, 0.3) is 33.4 Å². The van der Waals surface area contributed by atoms with Crippen LogP contribution in [0.2, 0.25) is 0 Å². The zero-order valence-electron chi connectivity index (χ0n) is 25.4. The summed E-state index contributed by atoms with van der Waals surface area (Å²) in [6.45, 7) is 13.7. The molecule has 0 aliphatic heterocycles. The molecule has 212 valence electrons. The van der Waals surface area contributed by atoms with E-state index in [1.807, 2.05) is 0 Å². The third-order valence-electron chi connectivity index (χ3n) is 9.21. The van der Waals surface area contributed by atoms with Crippen LogP contribution in [0.1, 0.15) is 63.8 Å². The summed E-state index contributed by atoms with van der Waals surface area (Å²) in [4.78, 5) is 0. The van der Waals surface area contributed by atoms with Crippen molar-refractivity contribution < 1.29 is 26.2 Å². The molecule has 2 atom stereocenters. The number of allylic oxidation sites excluding steroid dienone is 4. The van der Waals surface area contributed by atoms with Crippen LogP contribution >= 0.6 is 23.2 Å². The molecule has 2 aliphatic rings. The Labute approximate surface area is 283 Å². The average Bonchev–Trinajstić information content (AvgIpc) is 3.32. The molecule has 4 heteroatoms. The second-order valence-corrected chi connectivity index (χ2v) is 17.0. The largest absolute Gasteiger partial charge is 0.114 e. The molecule has 0 nitrogen and oxygen atoms in total. The van der Waals surface area contributed by atoms with E-state index in [2.05, 4.69) is 139 Å². The average molecular weight is 685 g/mol. The monoisotopic (exact) mass is 682 g/mol. The molecule has 0 saturated carbocycles. The van der Waals surface area contributed by atoms with Crippen molar-refractivity contribution in [2.75, 3.05) is 0 Å². The quantitative estimate of drug-likeness (QED) is 0.140. The Morgan fingerprint density at radius 1 is 0.524 bits per heavy atom. The maximum atomic E-state index is 8.12. The minimum Gasteiger partial charge on any atom is -0.114 e. The summed E-state index contributed by atoms with van der Waals surface area (Å²) in [5, 5.41) is 0. The molecule has 0 bridgehead atoms. The third-order valence-corrected chi connectivity index (χ3v) is 13.3. The van der Waals surface area contributed by atoms with Gasteiger partial charge in [-0.2, -0.15) is 0 Å². The van der Waals surface area contributed by atoms with E-state index in [-0.39, 0.29) is 26.2 Å². The van der Waals surface area contributed by atoms with Gasteiger partial charge in [-0.1, -0.05) is 125 Å². The molecule has 0 saturated heterocycles. The van der Waals surface area contributed by atoms with Gasteiger partial charge in [-0.15, -0.1) is 23.2 Å². The van der Waals surface area contributed by atoms with Crippen molar-refractivity contribution in [2.24, 2.45) is 11.8 Å². The molecule has 0 N–H and O–H groups in total. The molecule has 2 aliphatic carbocycles. The SMILES string of the molecule is CC1=C(C(C)C)C(Cl)([SiH2]C2(Cl)C(C(C)C)=C(C)c3c(-c4ccccc4)cccc32)c2cccc(-c3ccccc3)c21.[Zr]. The van der Waals surface area contributed by atoms with E-state index in [0.29, 0.717) is 11.8 Å². The number of halogens is 2. The van der Waals surface area contributed by atoms with Gasteiger partial charge in [-0.3, -0.25) is 0 Å². The standard InChI is InChI=1S/C38H38Cl2Si.Zr/c1-23(2)35-25(5)33-29(27-15-9-7-10-16-27)19-13-21-31(33)37(35,39)41-38(40)32-22-14-20-30(28-17-11-8-12-18-28)34(32)26(6)36(38)24(3)4;/h7-24H,41H2,1-6H3;. The van der Waals surface area contributed by atoms with Crippen LogP contribution in [-0.2, 0) is 35.2 Å². The van der Waals surface area contributed by atoms with Crippen molar-refractivity contribution in [3.63, 3.8) is 0 Å². The minimum absolute atomic E-state index is 0. The minimum atomic E-state index is -1.27. The van der Waals surface area contributed by atoms with Crippen molar-refractivity contribution in [2.45, 2.75) is 50.5 Å². The first-order chi connectivity index (χ1) is 19.6. The molecule has 0 amide bonds. The van der Waals surface area contributed by atoms with E-state index in [9.17, 15) is 0 Å². The van der Waals surface area contributed by atoms with Gasteiger partial charge in [-0.05, 0) is 92.5 Å². The van der Waals surface area contributed by atoms with Crippen LogP contribution < -0.4 is 0 Å². The van der Waals surface area contributed by atoms with Crippen LogP contribution in [0.3, 0.4) is 0 Å². The fraction of sp³-hybridized carbons (Fsp3) is 0.263. The van der Waals surface area contributed by atoms with E-state index >= 15 is 0 Å². The molecule has 0 heterocycles. The summed E-state index contributed by atoms with van der Waals surface area (Å²) >= 11 is 16.2. The van der Waals surface area contributed by atoms with Crippen molar-refractivity contribution in [1.29, 1.82) is 0 Å². The first-order valence-electron chi connectivity index (χ1n) is 14.8. The molecule has 4 aromatic carbocycles. The van der Waals surface area contributed by atoms with Gasteiger partial charge in [0.25, 0.3) is 0 Å². The Balaban J connectivity index is 0.00000353. The zero-order valence-corrected chi connectivity index (χ0v) is 30.7. The summed E-state index contributed by atoms with van der Waals surface area (Å²) in [6, 6.07) is 34.8. The van der Waals surface area contributed by atoms with Gasteiger partial charge in [0.2, 0.25) is 0 Å². The first-order valence-corrected chi connectivity index (χ1v) is 17.0. The van der Waals surface area contributed by atoms with Crippen LogP contribution in [0.15, 0.2) is 108 Å². The zero-order chi connectivity index (χ0) is 29.1. The normalized spacial score (nSPS) is 21.5.